The van der Waals surface area contributed by atoms with E-state index in [4.69, 9.17) is 17.0 Å². The summed E-state index contributed by atoms with van der Waals surface area (Å²) in [5.41, 5.74) is 0.975. The minimum Gasteiger partial charge on any atom is -0.496 e. The zero-order valence-corrected chi connectivity index (χ0v) is 10.4. The highest BCUT2D eigenvalue weighted by Crippen LogP contribution is 2.25. The van der Waals surface area contributed by atoms with E-state index in [1.165, 1.54) is 11.8 Å². The number of rotatable bonds is 3. The van der Waals surface area contributed by atoms with Crippen LogP contribution in [0, 0.1) is 0 Å². The molecule has 0 aromatic heterocycles. The number of thioether (sulfide) groups is 1. The van der Waals surface area contributed by atoms with Gasteiger partial charge < -0.3 is 4.74 Å². The van der Waals surface area contributed by atoms with Crippen molar-refractivity contribution in [3.05, 3.63) is 29.8 Å². The highest BCUT2D eigenvalue weighted by molar-refractivity contribution is 8.23. The summed E-state index contributed by atoms with van der Waals surface area (Å²) in [6.07, 6.45) is 0. The van der Waals surface area contributed by atoms with Crippen LogP contribution >= 0.6 is 24.0 Å². The van der Waals surface area contributed by atoms with Gasteiger partial charge in [0.1, 0.15) is 10.1 Å². The molecule has 0 radical (unpaired) electrons. The molecule has 84 valence electrons. The van der Waals surface area contributed by atoms with Crippen LogP contribution in [0.5, 0.6) is 5.75 Å². The number of methoxy groups -OCH3 is 1. The third-order valence-electron chi connectivity index (χ3n) is 2.36. The first-order valence-electron chi connectivity index (χ1n) is 4.81. The minimum atomic E-state index is 0.0703. The highest BCUT2D eigenvalue weighted by atomic mass is 32.2. The zero-order valence-electron chi connectivity index (χ0n) is 8.80. The Hall–Kier alpha value is -1.07. The SMILES string of the molecule is COc1ccccc1CN1C(=O)CSC1=S. The van der Waals surface area contributed by atoms with Crippen molar-refractivity contribution in [2.45, 2.75) is 6.54 Å². The molecule has 5 heteroatoms. The Morgan fingerprint density at radius 2 is 2.25 bits per heavy atom. The van der Waals surface area contributed by atoms with Crippen LogP contribution in [0.25, 0.3) is 0 Å². The molecule has 1 saturated heterocycles. The normalized spacial score (nSPS) is 15.7. The first-order chi connectivity index (χ1) is 7.72. The van der Waals surface area contributed by atoms with Crippen LogP contribution in [0.1, 0.15) is 5.56 Å². The highest BCUT2D eigenvalue weighted by Gasteiger charge is 2.27. The molecule has 0 unspecified atom stereocenters. The first kappa shape index (κ1) is 11.4. The summed E-state index contributed by atoms with van der Waals surface area (Å²) in [5.74, 6) is 1.31. The molecule has 0 aliphatic carbocycles. The lowest BCUT2D eigenvalue weighted by Gasteiger charge is -2.16. The van der Waals surface area contributed by atoms with Gasteiger partial charge in [-0.3, -0.25) is 9.69 Å². The number of carbonyl (C=O) groups excluding carboxylic acids is 1. The molecule has 0 N–H and O–H groups in total. The maximum atomic E-state index is 11.6. The smallest absolute Gasteiger partial charge is 0.238 e. The second-order valence-corrected chi connectivity index (χ2v) is 4.96. The predicted molar refractivity (Wildman–Crippen MR) is 68.6 cm³/mol. The van der Waals surface area contributed by atoms with E-state index in [-0.39, 0.29) is 5.91 Å². The average molecular weight is 253 g/mol. The Morgan fingerprint density at radius 3 is 2.88 bits per heavy atom. The van der Waals surface area contributed by atoms with E-state index in [1.807, 2.05) is 24.3 Å². The van der Waals surface area contributed by atoms with Crippen LogP contribution in [-0.2, 0) is 11.3 Å². The number of para-hydroxylation sites is 1. The van der Waals surface area contributed by atoms with Crippen LogP contribution in [0.4, 0.5) is 0 Å². The van der Waals surface area contributed by atoms with Crippen molar-refractivity contribution in [2.24, 2.45) is 0 Å². The lowest BCUT2D eigenvalue weighted by molar-refractivity contribution is -0.124. The summed E-state index contributed by atoms with van der Waals surface area (Å²) in [6, 6.07) is 7.65. The van der Waals surface area contributed by atoms with Gasteiger partial charge >= 0.3 is 0 Å². The summed E-state index contributed by atoms with van der Waals surface area (Å²) in [5, 5.41) is 0. The number of thiocarbonyl (C=S) groups is 1. The Labute approximate surface area is 104 Å². The Kier molecular flexibility index (Phi) is 3.46. The van der Waals surface area contributed by atoms with Crippen LogP contribution in [-0.4, -0.2) is 28.0 Å². The van der Waals surface area contributed by atoms with Gasteiger partial charge in [0.2, 0.25) is 5.91 Å². The van der Waals surface area contributed by atoms with Crippen molar-refractivity contribution < 1.29 is 9.53 Å². The Morgan fingerprint density at radius 1 is 1.50 bits per heavy atom. The van der Waals surface area contributed by atoms with E-state index in [0.717, 1.165) is 11.3 Å². The lowest BCUT2D eigenvalue weighted by atomic mass is 10.2. The summed E-state index contributed by atoms with van der Waals surface area (Å²) >= 11 is 6.54. The second-order valence-electron chi connectivity index (χ2n) is 3.35. The molecule has 1 heterocycles. The molecule has 16 heavy (non-hydrogen) atoms. The maximum absolute atomic E-state index is 11.6. The van der Waals surface area contributed by atoms with E-state index in [2.05, 4.69) is 0 Å². The number of amides is 1. The molecule has 0 bridgehead atoms. The van der Waals surface area contributed by atoms with E-state index in [9.17, 15) is 4.79 Å². The number of ether oxygens (including phenoxy) is 1. The van der Waals surface area contributed by atoms with Crippen LogP contribution in [0.3, 0.4) is 0 Å². The van der Waals surface area contributed by atoms with Gasteiger partial charge in [0, 0.05) is 5.56 Å². The molecular formula is C11H11NO2S2. The molecule has 2 rings (SSSR count). The molecule has 0 saturated carbocycles. The van der Waals surface area contributed by atoms with Crippen LogP contribution in [0.15, 0.2) is 24.3 Å². The first-order valence-corrected chi connectivity index (χ1v) is 6.21. The molecule has 1 fully saturated rings. The largest absolute Gasteiger partial charge is 0.496 e. The number of benzene rings is 1. The third kappa shape index (κ3) is 2.20. The van der Waals surface area contributed by atoms with Crippen LogP contribution in [0.2, 0.25) is 0 Å². The van der Waals surface area contributed by atoms with Crippen molar-refractivity contribution in [3.8, 4) is 5.75 Å². The van der Waals surface area contributed by atoms with Gasteiger partial charge in [0.15, 0.2) is 0 Å². The van der Waals surface area contributed by atoms with Gasteiger partial charge in [-0.05, 0) is 6.07 Å². The maximum Gasteiger partial charge on any atom is 0.238 e. The number of hydrogen-bond acceptors (Lipinski definition) is 4. The number of hydrogen-bond donors (Lipinski definition) is 0. The summed E-state index contributed by atoms with van der Waals surface area (Å²) in [7, 11) is 1.62. The number of nitrogens with zero attached hydrogens (tertiary/aromatic N) is 1. The van der Waals surface area contributed by atoms with Gasteiger partial charge in [-0.15, -0.1) is 0 Å². The molecule has 1 aromatic rings. The predicted octanol–water partition coefficient (Wildman–Crippen LogP) is 2.06. The molecule has 0 atom stereocenters. The van der Waals surface area contributed by atoms with E-state index in [0.29, 0.717) is 16.6 Å². The van der Waals surface area contributed by atoms with E-state index >= 15 is 0 Å². The molecule has 0 spiro atoms. The Balaban J connectivity index is 2.20. The minimum absolute atomic E-state index is 0.0703. The zero-order chi connectivity index (χ0) is 11.5. The van der Waals surface area contributed by atoms with Crippen molar-refractivity contribution in [1.82, 2.24) is 4.90 Å². The van der Waals surface area contributed by atoms with Gasteiger partial charge in [-0.1, -0.05) is 42.2 Å². The molecule has 1 aliphatic rings. The van der Waals surface area contributed by atoms with Crippen molar-refractivity contribution >= 4 is 34.2 Å². The average Bonchev–Trinajstić information content (AvgIpc) is 2.61. The topological polar surface area (TPSA) is 29.5 Å². The Bertz CT molecular complexity index is 418. The fraction of sp³-hybridized carbons (Fsp3) is 0.273. The van der Waals surface area contributed by atoms with Crippen LogP contribution < -0.4 is 4.74 Å². The second kappa shape index (κ2) is 4.84. The lowest BCUT2D eigenvalue weighted by Crippen LogP contribution is -2.27. The molecule has 1 aromatic carbocycles. The van der Waals surface area contributed by atoms with E-state index in [1.54, 1.807) is 12.0 Å². The summed E-state index contributed by atoms with van der Waals surface area (Å²) < 4.78 is 5.89. The number of carbonyl (C=O) groups is 1. The monoisotopic (exact) mass is 253 g/mol. The van der Waals surface area contributed by atoms with Gasteiger partial charge in [0.05, 0.1) is 19.4 Å². The van der Waals surface area contributed by atoms with Gasteiger partial charge in [-0.25, -0.2) is 0 Å². The summed E-state index contributed by atoms with van der Waals surface area (Å²) in [4.78, 5) is 13.2. The van der Waals surface area contributed by atoms with Crippen molar-refractivity contribution in [3.63, 3.8) is 0 Å². The van der Waals surface area contributed by atoms with Crippen molar-refractivity contribution in [2.75, 3.05) is 12.9 Å². The quantitative estimate of drug-likeness (QED) is 0.771. The fourth-order valence-electron chi connectivity index (χ4n) is 1.54. The molecular weight excluding hydrogens is 242 g/mol. The van der Waals surface area contributed by atoms with Gasteiger partial charge in [-0.2, -0.15) is 0 Å². The van der Waals surface area contributed by atoms with Crippen molar-refractivity contribution in [1.29, 1.82) is 0 Å². The molecule has 3 nitrogen and oxygen atoms in total. The third-order valence-corrected chi connectivity index (χ3v) is 3.79. The van der Waals surface area contributed by atoms with Gasteiger partial charge in [0.25, 0.3) is 0 Å². The standard InChI is InChI=1S/C11H11NO2S2/c1-14-9-5-3-2-4-8(9)6-12-10(13)7-16-11(12)15/h2-5H,6-7H2,1H3. The van der Waals surface area contributed by atoms with E-state index < -0.39 is 0 Å². The molecule has 1 aliphatic heterocycles. The fourth-order valence-corrected chi connectivity index (χ4v) is 2.61. The summed E-state index contributed by atoms with van der Waals surface area (Å²) in [6.45, 7) is 0.495. The molecule has 1 amide bonds.